The third kappa shape index (κ3) is 2.55. The van der Waals surface area contributed by atoms with Crippen molar-refractivity contribution in [3.05, 3.63) is 24.0 Å². The standard InChI is InChI=1S/C14H21O3/c1-4-16-13-8-11-7-12(15)9-14(11,17-13)6-5-10(2)3/h7,11,13H,2,4-6,8-9H2,1,3H3/t11-,13?,14-/m0/s1. The largest absolute Gasteiger partial charge is 0.353 e. The zero-order chi connectivity index (χ0) is 12.5. The smallest absolute Gasteiger partial charge is 0.159 e. The average Bonchev–Trinajstić information content (AvgIpc) is 2.68. The van der Waals surface area contributed by atoms with E-state index in [1.807, 2.05) is 19.9 Å². The van der Waals surface area contributed by atoms with Crippen LogP contribution in [0, 0.1) is 5.92 Å². The minimum atomic E-state index is -0.310. The van der Waals surface area contributed by atoms with E-state index in [-0.39, 0.29) is 23.6 Å². The second-order valence-electron chi connectivity index (χ2n) is 5.18. The van der Waals surface area contributed by atoms with E-state index in [9.17, 15) is 5.11 Å². The summed E-state index contributed by atoms with van der Waals surface area (Å²) in [5, 5.41) is 11.6. The zero-order valence-corrected chi connectivity index (χ0v) is 10.7. The van der Waals surface area contributed by atoms with Crippen LogP contribution < -0.4 is 0 Å². The van der Waals surface area contributed by atoms with Crippen molar-refractivity contribution in [3.63, 3.8) is 0 Å². The van der Waals surface area contributed by atoms with Gasteiger partial charge in [0.25, 0.3) is 0 Å². The van der Waals surface area contributed by atoms with Crippen LogP contribution in [0.3, 0.4) is 0 Å². The van der Waals surface area contributed by atoms with Gasteiger partial charge in [0.1, 0.15) is 0 Å². The van der Waals surface area contributed by atoms with Gasteiger partial charge in [-0.25, -0.2) is 0 Å². The highest BCUT2D eigenvalue weighted by atomic mass is 16.7. The van der Waals surface area contributed by atoms with Crippen molar-refractivity contribution in [3.8, 4) is 0 Å². The SMILES string of the molecule is C=C(C)CC[C@]12CC([O])=C[C@H]1CC(OCC)O2. The van der Waals surface area contributed by atoms with Crippen LogP contribution in [-0.2, 0) is 14.6 Å². The highest BCUT2D eigenvalue weighted by Crippen LogP contribution is 2.49. The Bertz CT molecular complexity index is 334. The van der Waals surface area contributed by atoms with E-state index in [4.69, 9.17) is 9.47 Å². The molecule has 2 rings (SSSR count). The maximum absolute atomic E-state index is 11.6. The van der Waals surface area contributed by atoms with Gasteiger partial charge in [-0.15, -0.1) is 6.58 Å². The Kier molecular flexibility index (Phi) is 3.59. The first-order chi connectivity index (χ1) is 8.05. The minimum absolute atomic E-state index is 0.139. The molecule has 0 amide bonds. The van der Waals surface area contributed by atoms with Crippen LogP contribution in [0.4, 0.5) is 0 Å². The van der Waals surface area contributed by atoms with Crippen molar-refractivity contribution in [1.82, 2.24) is 0 Å². The number of ether oxygens (including phenoxy) is 2. The van der Waals surface area contributed by atoms with E-state index < -0.39 is 0 Å². The van der Waals surface area contributed by atoms with E-state index in [1.165, 1.54) is 0 Å². The van der Waals surface area contributed by atoms with Crippen molar-refractivity contribution in [1.29, 1.82) is 0 Å². The average molecular weight is 237 g/mol. The highest BCUT2D eigenvalue weighted by Gasteiger charge is 2.52. The van der Waals surface area contributed by atoms with Crippen molar-refractivity contribution >= 4 is 0 Å². The monoisotopic (exact) mass is 237 g/mol. The number of fused-ring (bicyclic) bond motifs is 1. The maximum Gasteiger partial charge on any atom is 0.159 e. The Morgan fingerprint density at radius 3 is 3.12 bits per heavy atom. The van der Waals surface area contributed by atoms with Crippen LogP contribution in [0.5, 0.6) is 0 Å². The van der Waals surface area contributed by atoms with E-state index in [2.05, 4.69) is 6.58 Å². The molecule has 95 valence electrons. The third-order valence-electron chi connectivity index (χ3n) is 3.68. The van der Waals surface area contributed by atoms with Crippen LogP contribution in [0.1, 0.15) is 39.5 Å². The van der Waals surface area contributed by atoms with Crippen LogP contribution in [0.2, 0.25) is 0 Å². The quantitative estimate of drug-likeness (QED) is 0.689. The van der Waals surface area contributed by atoms with Gasteiger partial charge in [-0.3, -0.25) is 5.11 Å². The molecule has 3 nitrogen and oxygen atoms in total. The van der Waals surface area contributed by atoms with Gasteiger partial charge in [0.05, 0.1) is 5.60 Å². The second-order valence-corrected chi connectivity index (χ2v) is 5.18. The zero-order valence-electron chi connectivity index (χ0n) is 10.7. The molecule has 0 N–H and O–H groups in total. The van der Waals surface area contributed by atoms with Gasteiger partial charge in [-0.2, -0.15) is 0 Å². The molecule has 0 spiro atoms. The summed E-state index contributed by atoms with van der Waals surface area (Å²) in [7, 11) is 0. The Balaban J connectivity index is 2.05. The molecule has 1 saturated heterocycles. The predicted octanol–water partition coefficient (Wildman–Crippen LogP) is 3.20. The summed E-state index contributed by atoms with van der Waals surface area (Å²) in [5.74, 6) is 0.442. The number of rotatable bonds is 5. The lowest BCUT2D eigenvalue weighted by molar-refractivity contribution is -0.170. The third-order valence-corrected chi connectivity index (χ3v) is 3.68. The van der Waals surface area contributed by atoms with Gasteiger partial charge in [0, 0.05) is 25.4 Å². The second kappa shape index (κ2) is 4.83. The highest BCUT2D eigenvalue weighted by molar-refractivity contribution is 5.18. The van der Waals surface area contributed by atoms with Crippen LogP contribution >= 0.6 is 0 Å². The summed E-state index contributed by atoms with van der Waals surface area (Å²) in [5.41, 5.74) is 0.830. The fourth-order valence-corrected chi connectivity index (χ4v) is 2.84. The van der Waals surface area contributed by atoms with E-state index >= 15 is 0 Å². The molecule has 1 heterocycles. The van der Waals surface area contributed by atoms with E-state index in [1.54, 1.807) is 0 Å². The fourth-order valence-electron chi connectivity index (χ4n) is 2.84. The van der Waals surface area contributed by atoms with E-state index in [0.717, 1.165) is 24.8 Å². The first-order valence-electron chi connectivity index (χ1n) is 6.37. The summed E-state index contributed by atoms with van der Waals surface area (Å²) in [6.07, 6.45) is 4.80. The van der Waals surface area contributed by atoms with Gasteiger partial charge in [-0.05, 0) is 32.8 Å². The molecule has 2 aliphatic rings. The van der Waals surface area contributed by atoms with Gasteiger partial charge in [-0.1, -0.05) is 5.57 Å². The van der Waals surface area contributed by atoms with Crippen molar-refractivity contribution in [2.75, 3.05) is 6.61 Å². The molecule has 3 atom stereocenters. The Hall–Kier alpha value is -0.800. The van der Waals surface area contributed by atoms with Gasteiger partial charge < -0.3 is 9.47 Å². The topological polar surface area (TPSA) is 38.4 Å². The molecule has 0 bridgehead atoms. The fraction of sp³-hybridized carbons (Fsp3) is 0.714. The normalized spacial score (nSPS) is 35.8. The Morgan fingerprint density at radius 2 is 2.47 bits per heavy atom. The van der Waals surface area contributed by atoms with Crippen LogP contribution in [0.25, 0.3) is 0 Å². The molecule has 3 heteroatoms. The summed E-state index contributed by atoms with van der Waals surface area (Å²) < 4.78 is 11.5. The molecule has 0 aromatic rings. The molecule has 1 aliphatic carbocycles. The molecule has 1 radical (unpaired) electrons. The molecule has 1 fully saturated rings. The first kappa shape index (κ1) is 12.7. The maximum atomic E-state index is 11.6. The van der Waals surface area contributed by atoms with Crippen LogP contribution in [0.15, 0.2) is 24.0 Å². The predicted molar refractivity (Wildman–Crippen MR) is 64.8 cm³/mol. The summed E-state index contributed by atoms with van der Waals surface area (Å²) >= 11 is 0. The molecular formula is C14H21O3. The van der Waals surface area contributed by atoms with Gasteiger partial charge >= 0.3 is 0 Å². The number of allylic oxidation sites excluding steroid dienone is 1. The van der Waals surface area contributed by atoms with Gasteiger partial charge in [0.15, 0.2) is 12.0 Å². The lowest BCUT2D eigenvalue weighted by Gasteiger charge is -2.29. The Morgan fingerprint density at radius 1 is 1.71 bits per heavy atom. The lowest BCUT2D eigenvalue weighted by atomic mass is 9.85. The summed E-state index contributed by atoms with van der Waals surface area (Å²) in [4.78, 5) is 0. The number of hydrogen-bond acceptors (Lipinski definition) is 2. The van der Waals surface area contributed by atoms with Crippen LogP contribution in [-0.4, -0.2) is 18.5 Å². The van der Waals surface area contributed by atoms with Crippen molar-refractivity contribution in [2.45, 2.75) is 51.4 Å². The van der Waals surface area contributed by atoms with Crippen molar-refractivity contribution in [2.24, 2.45) is 5.92 Å². The summed E-state index contributed by atoms with van der Waals surface area (Å²) in [6.45, 7) is 8.55. The molecule has 0 saturated carbocycles. The molecule has 1 aliphatic heterocycles. The molecule has 0 aromatic heterocycles. The minimum Gasteiger partial charge on any atom is -0.353 e. The van der Waals surface area contributed by atoms with E-state index in [0.29, 0.717) is 13.0 Å². The molecule has 1 unspecified atom stereocenters. The molecule has 0 aromatic carbocycles. The Labute approximate surface area is 103 Å². The lowest BCUT2D eigenvalue weighted by Crippen LogP contribution is -2.32. The summed E-state index contributed by atoms with van der Waals surface area (Å²) in [6, 6.07) is 0. The molecular weight excluding hydrogens is 216 g/mol. The van der Waals surface area contributed by atoms with Crippen molar-refractivity contribution < 1.29 is 14.6 Å². The number of hydrogen-bond donors (Lipinski definition) is 0. The van der Waals surface area contributed by atoms with Gasteiger partial charge in [0.2, 0.25) is 0 Å². The first-order valence-corrected chi connectivity index (χ1v) is 6.37. The molecule has 17 heavy (non-hydrogen) atoms.